The molecule has 192 valence electrons. The van der Waals surface area contributed by atoms with Gasteiger partial charge in [-0.15, -0.1) is 0 Å². The molecule has 0 spiro atoms. The van der Waals surface area contributed by atoms with Crippen molar-refractivity contribution in [3.63, 3.8) is 0 Å². The molecular formula is C24H29F4N3O3S. The van der Waals surface area contributed by atoms with E-state index in [4.69, 9.17) is 0 Å². The van der Waals surface area contributed by atoms with Gasteiger partial charge in [0.2, 0.25) is 15.9 Å². The van der Waals surface area contributed by atoms with Crippen molar-refractivity contribution in [2.75, 3.05) is 24.1 Å². The van der Waals surface area contributed by atoms with Gasteiger partial charge in [0.1, 0.15) is 5.82 Å². The number of nitrogens with one attached hydrogen (secondary N) is 2. The number of piperidine rings is 1. The lowest BCUT2D eigenvalue weighted by atomic mass is 9.98. The molecule has 2 aromatic rings. The van der Waals surface area contributed by atoms with E-state index < -0.39 is 39.7 Å². The minimum atomic E-state index is -4.42. The fourth-order valence-corrected chi connectivity index (χ4v) is 4.64. The van der Waals surface area contributed by atoms with Crippen LogP contribution in [0.5, 0.6) is 0 Å². The summed E-state index contributed by atoms with van der Waals surface area (Å²) in [6.07, 6.45) is -0.644. The number of alkyl halides is 3. The number of carbonyl (C=O) groups is 1. The van der Waals surface area contributed by atoms with Gasteiger partial charge in [-0.2, -0.15) is 13.2 Å². The summed E-state index contributed by atoms with van der Waals surface area (Å²) in [5.74, 6) is -1.91. The number of anilines is 1. The van der Waals surface area contributed by atoms with E-state index in [1.54, 1.807) is 6.92 Å². The van der Waals surface area contributed by atoms with Crippen molar-refractivity contribution in [3.8, 4) is 0 Å². The Morgan fingerprint density at radius 1 is 1.06 bits per heavy atom. The van der Waals surface area contributed by atoms with Crippen LogP contribution in [-0.2, 0) is 27.4 Å². The zero-order chi connectivity index (χ0) is 25.8. The highest BCUT2D eigenvalue weighted by Gasteiger charge is 2.30. The van der Waals surface area contributed by atoms with E-state index in [1.165, 1.54) is 24.3 Å². The second-order valence-corrected chi connectivity index (χ2v) is 10.6. The van der Waals surface area contributed by atoms with Gasteiger partial charge in [0.25, 0.3) is 0 Å². The van der Waals surface area contributed by atoms with Crippen LogP contribution in [0.1, 0.15) is 48.8 Å². The monoisotopic (exact) mass is 515 g/mol. The highest BCUT2D eigenvalue weighted by molar-refractivity contribution is 7.92. The topological polar surface area (TPSA) is 78.5 Å². The predicted octanol–water partition coefficient (Wildman–Crippen LogP) is 4.49. The van der Waals surface area contributed by atoms with Crippen molar-refractivity contribution in [2.24, 2.45) is 0 Å². The molecule has 2 unspecified atom stereocenters. The highest BCUT2D eigenvalue weighted by atomic mass is 32.2. The van der Waals surface area contributed by atoms with Crippen molar-refractivity contribution in [3.05, 3.63) is 65.0 Å². The van der Waals surface area contributed by atoms with Crippen LogP contribution in [0.4, 0.5) is 23.2 Å². The predicted molar refractivity (Wildman–Crippen MR) is 126 cm³/mol. The van der Waals surface area contributed by atoms with Gasteiger partial charge in [-0.3, -0.25) is 14.4 Å². The Labute approximate surface area is 202 Å². The Kier molecular flexibility index (Phi) is 8.42. The molecule has 1 fully saturated rings. The van der Waals surface area contributed by atoms with Gasteiger partial charge in [-0.05, 0) is 55.2 Å². The quantitative estimate of drug-likeness (QED) is 0.508. The minimum absolute atomic E-state index is 0.211. The minimum Gasteiger partial charge on any atom is -0.340 e. The second kappa shape index (κ2) is 10.9. The van der Waals surface area contributed by atoms with E-state index in [0.29, 0.717) is 17.5 Å². The third kappa shape index (κ3) is 7.66. The van der Waals surface area contributed by atoms with Crippen LogP contribution in [0.2, 0.25) is 0 Å². The maximum absolute atomic E-state index is 14.4. The summed E-state index contributed by atoms with van der Waals surface area (Å²) >= 11 is 0. The van der Waals surface area contributed by atoms with Crippen LogP contribution in [0.25, 0.3) is 0 Å². The zero-order valence-corrected chi connectivity index (χ0v) is 20.3. The number of amides is 1. The normalized spacial score (nSPS) is 17.0. The van der Waals surface area contributed by atoms with Crippen molar-refractivity contribution in [2.45, 2.75) is 50.9 Å². The SMILES string of the molecule is CC(C(=O)NC(Cc1ccc(C(F)(F)F)cc1)N1CCCCC1)c1ccc(NS(C)(=O)=O)c(F)c1. The average molecular weight is 516 g/mol. The van der Waals surface area contributed by atoms with Crippen LogP contribution in [0, 0.1) is 5.82 Å². The number of carbonyl (C=O) groups excluding carboxylic acids is 1. The third-order valence-electron chi connectivity index (χ3n) is 6.03. The number of likely N-dealkylation sites (tertiary alicyclic amines) is 1. The summed E-state index contributed by atoms with van der Waals surface area (Å²) < 4.78 is 77.9. The Morgan fingerprint density at radius 3 is 2.23 bits per heavy atom. The van der Waals surface area contributed by atoms with Crippen molar-refractivity contribution >= 4 is 21.6 Å². The molecule has 1 aliphatic rings. The summed E-state index contributed by atoms with van der Waals surface area (Å²) in [7, 11) is -3.66. The van der Waals surface area contributed by atoms with Crippen LogP contribution >= 0.6 is 0 Å². The highest BCUT2D eigenvalue weighted by Crippen LogP contribution is 2.29. The molecule has 0 bridgehead atoms. The third-order valence-corrected chi connectivity index (χ3v) is 6.62. The number of nitrogens with zero attached hydrogens (tertiary/aromatic N) is 1. The maximum atomic E-state index is 14.4. The van der Waals surface area contributed by atoms with Gasteiger partial charge >= 0.3 is 6.18 Å². The average Bonchev–Trinajstić information content (AvgIpc) is 2.79. The molecule has 1 saturated heterocycles. The molecule has 1 heterocycles. The molecule has 0 aliphatic carbocycles. The molecule has 0 saturated carbocycles. The van der Waals surface area contributed by atoms with Gasteiger partial charge in [0, 0.05) is 19.5 Å². The second-order valence-electron chi connectivity index (χ2n) is 8.86. The molecule has 6 nitrogen and oxygen atoms in total. The molecule has 1 aliphatic heterocycles. The van der Waals surface area contributed by atoms with Gasteiger partial charge in [-0.1, -0.05) is 24.6 Å². The van der Waals surface area contributed by atoms with Gasteiger partial charge in [0.15, 0.2) is 0 Å². The number of benzene rings is 2. The zero-order valence-electron chi connectivity index (χ0n) is 19.5. The summed E-state index contributed by atoms with van der Waals surface area (Å²) in [4.78, 5) is 15.2. The number of halogens is 4. The summed E-state index contributed by atoms with van der Waals surface area (Å²) in [6.45, 7) is 3.11. The number of hydrogen-bond acceptors (Lipinski definition) is 4. The fraction of sp³-hybridized carbons (Fsp3) is 0.458. The number of rotatable bonds is 8. The Balaban J connectivity index is 1.75. The van der Waals surface area contributed by atoms with E-state index in [1.807, 2.05) is 0 Å². The number of hydrogen-bond donors (Lipinski definition) is 2. The summed E-state index contributed by atoms with van der Waals surface area (Å²) in [5, 5.41) is 2.98. The molecule has 0 aromatic heterocycles. The first-order valence-corrected chi connectivity index (χ1v) is 13.2. The molecule has 11 heteroatoms. The summed E-state index contributed by atoms with van der Waals surface area (Å²) in [5.41, 5.74) is 0.0800. The summed E-state index contributed by atoms with van der Waals surface area (Å²) in [6, 6.07) is 8.75. The molecule has 0 radical (unpaired) electrons. The molecule has 2 atom stereocenters. The van der Waals surface area contributed by atoms with E-state index >= 15 is 0 Å². The first-order chi connectivity index (χ1) is 16.3. The molecular weight excluding hydrogens is 486 g/mol. The van der Waals surface area contributed by atoms with Gasteiger partial charge in [0.05, 0.1) is 29.6 Å². The van der Waals surface area contributed by atoms with Crippen molar-refractivity contribution in [1.82, 2.24) is 10.2 Å². The molecule has 2 aromatic carbocycles. The Morgan fingerprint density at radius 2 is 1.69 bits per heavy atom. The van der Waals surface area contributed by atoms with Crippen LogP contribution in [0.3, 0.4) is 0 Å². The molecule has 2 N–H and O–H groups in total. The van der Waals surface area contributed by atoms with Crippen molar-refractivity contribution < 1.29 is 30.8 Å². The lowest BCUT2D eigenvalue weighted by Gasteiger charge is -2.35. The van der Waals surface area contributed by atoms with Gasteiger partial charge in [-0.25, -0.2) is 12.8 Å². The fourth-order valence-electron chi connectivity index (χ4n) is 4.08. The lowest BCUT2D eigenvalue weighted by Crippen LogP contribution is -2.52. The van der Waals surface area contributed by atoms with Crippen LogP contribution in [0.15, 0.2) is 42.5 Å². The standard InChI is InChI=1S/C24H29F4N3O3S/c1-16(18-8-11-21(20(25)15-18)30-35(2,33)34)23(32)29-22(31-12-4-3-5-13-31)14-17-6-9-19(10-7-17)24(26,27)28/h6-11,15-16,22,30H,3-5,12-14H2,1-2H3,(H,29,32). The molecule has 1 amide bonds. The Bertz CT molecular complexity index is 1130. The maximum Gasteiger partial charge on any atom is 0.416 e. The lowest BCUT2D eigenvalue weighted by molar-refractivity contribution is -0.137. The molecule has 3 rings (SSSR count). The molecule has 35 heavy (non-hydrogen) atoms. The van der Waals surface area contributed by atoms with Crippen molar-refractivity contribution in [1.29, 1.82) is 0 Å². The van der Waals surface area contributed by atoms with E-state index in [9.17, 15) is 30.8 Å². The van der Waals surface area contributed by atoms with Crippen LogP contribution in [-0.4, -0.2) is 44.7 Å². The van der Waals surface area contributed by atoms with E-state index in [-0.39, 0.29) is 11.6 Å². The Hall–Kier alpha value is -2.66. The largest absolute Gasteiger partial charge is 0.416 e. The van der Waals surface area contributed by atoms with Gasteiger partial charge < -0.3 is 5.32 Å². The smallest absolute Gasteiger partial charge is 0.340 e. The van der Waals surface area contributed by atoms with E-state index in [0.717, 1.165) is 56.8 Å². The first-order valence-electron chi connectivity index (χ1n) is 11.3. The first kappa shape index (κ1) is 26.9. The van der Waals surface area contributed by atoms with Crippen LogP contribution < -0.4 is 10.0 Å². The van der Waals surface area contributed by atoms with E-state index in [2.05, 4.69) is 14.9 Å². The number of sulfonamides is 1.